The molecule has 2 unspecified atom stereocenters. The number of aliphatic hydroxyl groups is 1. The molecule has 196 valence electrons. The predicted molar refractivity (Wildman–Crippen MR) is 150 cm³/mol. The van der Waals surface area contributed by atoms with Gasteiger partial charge in [0, 0.05) is 4.90 Å². The maximum atomic E-state index is 12.0. The number of ether oxygens (including phenoxy) is 1. The van der Waals surface area contributed by atoms with Gasteiger partial charge in [0.1, 0.15) is 6.10 Å². The molecule has 6 heteroatoms. The van der Waals surface area contributed by atoms with Gasteiger partial charge in [-0.25, -0.2) is 4.79 Å². The summed E-state index contributed by atoms with van der Waals surface area (Å²) in [6.45, 7) is 0. The average molecular weight is 520 g/mol. The summed E-state index contributed by atoms with van der Waals surface area (Å²) in [7, 11) is 1.34. The van der Waals surface area contributed by atoms with E-state index in [1.54, 1.807) is 24.3 Å². The molecule has 1 amide bonds. The predicted octanol–water partition coefficient (Wildman–Crippen LogP) is 6.28. The van der Waals surface area contributed by atoms with E-state index >= 15 is 0 Å². The topological polar surface area (TPSA) is 89.6 Å². The average Bonchev–Trinajstić information content (AvgIpc) is 2.93. The van der Waals surface area contributed by atoms with Crippen molar-refractivity contribution in [2.24, 2.45) is 5.73 Å². The first kappa shape index (κ1) is 28.5. The Morgan fingerprint density at radius 1 is 0.811 bits per heavy atom. The van der Waals surface area contributed by atoms with Crippen LogP contribution >= 0.6 is 11.8 Å². The number of carbonyl (C=O) groups excluding carboxylic acids is 2. The zero-order valence-corrected chi connectivity index (χ0v) is 22.3. The molecule has 0 fully saturated rings. The summed E-state index contributed by atoms with van der Waals surface area (Å²) in [5, 5.41) is 10.2. The third-order valence-corrected chi connectivity index (χ3v) is 7.79. The van der Waals surface area contributed by atoms with Crippen LogP contribution in [-0.2, 0) is 22.4 Å². The van der Waals surface area contributed by atoms with E-state index in [1.165, 1.54) is 50.1 Å². The van der Waals surface area contributed by atoms with E-state index in [0.29, 0.717) is 5.56 Å². The molecule has 0 aliphatic rings. The molecule has 3 N–H and O–H groups in total. The van der Waals surface area contributed by atoms with E-state index in [0.717, 1.165) is 41.7 Å². The number of aliphatic hydroxyl groups excluding tert-OH is 1. The number of aryl methyl sites for hydroxylation is 2. The molecule has 0 saturated carbocycles. The lowest BCUT2D eigenvalue weighted by Gasteiger charge is -2.23. The van der Waals surface area contributed by atoms with Crippen LogP contribution in [-0.4, -0.2) is 30.2 Å². The minimum absolute atomic E-state index is 0.410. The second kappa shape index (κ2) is 15.2. The van der Waals surface area contributed by atoms with Crippen molar-refractivity contribution in [2.45, 2.75) is 67.6 Å². The fraction of sp³-hybridized carbons (Fsp3) is 0.355. The van der Waals surface area contributed by atoms with Crippen molar-refractivity contribution in [2.75, 3.05) is 7.11 Å². The molecule has 0 radical (unpaired) electrons. The second-order valence-corrected chi connectivity index (χ2v) is 10.4. The number of hydrogen-bond acceptors (Lipinski definition) is 5. The number of thioether (sulfide) groups is 1. The molecule has 5 nitrogen and oxygen atoms in total. The van der Waals surface area contributed by atoms with E-state index in [-0.39, 0.29) is 0 Å². The van der Waals surface area contributed by atoms with Gasteiger partial charge in [0.15, 0.2) is 0 Å². The summed E-state index contributed by atoms with van der Waals surface area (Å²) in [5.74, 6) is -1.17. The van der Waals surface area contributed by atoms with E-state index in [2.05, 4.69) is 36.4 Å². The van der Waals surface area contributed by atoms with Crippen LogP contribution in [0.5, 0.6) is 0 Å². The van der Waals surface area contributed by atoms with Gasteiger partial charge in [-0.2, -0.15) is 0 Å². The quantitative estimate of drug-likeness (QED) is 0.140. The number of amides is 1. The Hall–Kier alpha value is -3.09. The Morgan fingerprint density at radius 2 is 1.41 bits per heavy atom. The lowest BCUT2D eigenvalue weighted by atomic mass is 9.96. The van der Waals surface area contributed by atoms with Gasteiger partial charge in [-0.3, -0.25) is 4.79 Å². The Bertz CT molecular complexity index is 1120. The molecule has 3 aromatic carbocycles. The van der Waals surface area contributed by atoms with Gasteiger partial charge in [-0.15, -0.1) is 11.8 Å². The number of methoxy groups -OCH3 is 1. The van der Waals surface area contributed by atoms with Gasteiger partial charge >= 0.3 is 5.97 Å². The molecule has 0 bridgehead atoms. The molecule has 0 aliphatic heterocycles. The Balaban J connectivity index is 1.55. The largest absolute Gasteiger partial charge is 0.465 e. The van der Waals surface area contributed by atoms with E-state index in [4.69, 9.17) is 10.5 Å². The highest BCUT2D eigenvalue weighted by molar-refractivity contribution is 7.99. The minimum atomic E-state index is -1.34. The van der Waals surface area contributed by atoms with Crippen molar-refractivity contribution in [1.82, 2.24) is 0 Å². The third kappa shape index (κ3) is 9.06. The van der Waals surface area contributed by atoms with Gasteiger partial charge in [-0.05, 0) is 66.6 Å². The van der Waals surface area contributed by atoms with Crippen LogP contribution < -0.4 is 5.73 Å². The number of primary amides is 1. The van der Waals surface area contributed by atoms with Gasteiger partial charge in [0.05, 0.1) is 17.9 Å². The monoisotopic (exact) mass is 519 g/mol. The Labute approximate surface area is 224 Å². The first-order valence-corrected chi connectivity index (χ1v) is 13.8. The van der Waals surface area contributed by atoms with Crippen molar-refractivity contribution < 1.29 is 19.4 Å². The van der Waals surface area contributed by atoms with Crippen LogP contribution in [0.4, 0.5) is 0 Å². The van der Waals surface area contributed by atoms with Crippen LogP contribution in [0.25, 0.3) is 0 Å². The fourth-order valence-electron chi connectivity index (χ4n) is 4.42. The smallest absolute Gasteiger partial charge is 0.337 e. The zero-order chi connectivity index (χ0) is 26.5. The number of carbonyl (C=O) groups is 2. The van der Waals surface area contributed by atoms with Crippen LogP contribution in [0.3, 0.4) is 0 Å². The van der Waals surface area contributed by atoms with E-state index in [9.17, 15) is 14.7 Å². The lowest BCUT2D eigenvalue weighted by Crippen LogP contribution is -2.33. The fourth-order valence-corrected chi connectivity index (χ4v) is 5.62. The molecule has 2 atom stereocenters. The number of hydrogen-bond donors (Lipinski definition) is 2. The number of esters is 1. The summed E-state index contributed by atoms with van der Waals surface area (Å²) in [4.78, 5) is 24.5. The molecular weight excluding hydrogens is 482 g/mol. The summed E-state index contributed by atoms with van der Waals surface area (Å²) < 4.78 is 4.76. The van der Waals surface area contributed by atoms with Crippen molar-refractivity contribution in [1.29, 1.82) is 0 Å². The molecular formula is C31H37NO4S. The molecule has 0 saturated heterocycles. The molecule has 0 spiro atoms. The van der Waals surface area contributed by atoms with Crippen molar-refractivity contribution in [3.63, 3.8) is 0 Å². The summed E-state index contributed by atoms with van der Waals surface area (Å²) in [6.07, 6.45) is 7.77. The summed E-state index contributed by atoms with van der Waals surface area (Å²) >= 11 is 1.37. The third-order valence-electron chi connectivity index (χ3n) is 6.48. The zero-order valence-electron chi connectivity index (χ0n) is 21.5. The van der Waals surface area contributed by atoms with Crippen LogP contribution in [0.2, 0.25) is 0 Å². The normalized spacial score (nSPS) is 12.6. The van der Waals surface area contributed by atoms with E-state index < -0.39 is 23.2 Å². The van der Waals surface area contributed by atoms with Gasteiger partial charge in [0.25, 0.3) is 0 Å². The number of nitrogens with two attached hydrogens (primary N) is 1. The molecule has 37 heavy (non-hydrogen) atoms. The first-order chi connectivity index (χ1) is 18.0. The highest BCUT2D eigenvalue weighted by Gasteiger charge is 2.28. The molecule has 3 rings (SSSR count). The van der Waals surface area contributed by atoms with Crippen LogP contribution in [0.1, 0.15) is 70.8 Å². The Morgan fingerprint density at radius 3 is 2.05 bits per heavy atom. The highest BCUT2D eigenvalue weighted by atomic mass is 32.2. The summed E-state index contributed by atoms with van der Waals surface area (Å²) in [6, 6.07) is 25.5. The standard InChI is InChI=1S/C31H37NO4S/c1-36-31(35)25-19-21-26(22-20-25)37-29(28(33)30(32)34)27-18-12-11-17-24(27)16-10-5-3-2-4-7-13-23-14-8-6-9-15-23/h6,8-9,11-12,14-15,17-22,28-29,33H,2-5,7,10,13,16H2,1H3,(H2,32,34). The first-order valence-electron chi connectivity index (χ1n) is 12.9. The van der Waals surface area contributed by atoms with Crippen molar-refractivity contribution in [3.8, 4) is 0 Å². The second-order valence-electron chi connectivity index (χ2n) is 9.21. The van der Waals surface area contributed by atoms with Crippen molar-refractivity contribution >= 4 is 23.6 Å². The Kier molecular flexibility index (Phi) is 11.7. The molecule has 0 aliphatic carbocycles. The van der Waals surface area contributed by atoms with Gasteiger partial charge in [-0.1, -0.05) is 80.3 Å². The highest BCUT2D eigenvalue weighted by Crippen LogP contribution is 2.40. The van der Waals surface area contributed by atoms with Crippen LogP contribution in [0, 0.1) is 0 Å². The molecule has 3 aromatic rings. The number of benzene rings is 3. The van der Waals surface area contributed by atoms with Gasteiger partial charge in [0.2, 0.25) is 5.91 Å². The molecule has 0 heterocycles. The minimum Gasteiger partial charge on any atom is -0.465 e. The lowest BCUT2D eigenvalue weighted by molar-refractivity contribution is -0.126. The summed E-state index contributed by atoms with van der Waals surface area (Å²) in [5.41, 5.74) is 9.40. The van der Waals surface area contributed by atoms with Crippen LogP contribution in [0.15, 0.2) is 83.8 Å². The van der Waals surface area contributed by atoms with E-state index in [1.807, 2.05) is 18.2 Å². The number of unbranched alkanes of at least 4 members (excludes halogenated alkanes) is 5. The van der Waals surface area contributed by atoms with Gasteiger partial charge < -0.3 is 15.6 Å². The maximum absolute atomic E-state index is 12.0. The SMILES string of the molecule is COC(=O)c1ccc(SC(c2ccccc2CCCCCCCCc2ccccc2)C(O)C(N)=O)cc1. The molecule has 0 aromatic heterocycles. The number of rotatable bonds is 15. The van der Waals surface area contributed by atoms with Crippen molar-refractivity contribution in [3.05, 3.63) is 101 Å². The maximum Gasteiger partial charge on any atom is 0.337 e.